The Kier molecular flexibility index (Phi) is 3.10. The fraction of sp³-hybridized carbons (Fsp3) is 0.100. The number of nitrogen functional groups attached to an aromatic ring is 1. The highest BCUT2D eigenvalue weighted by molar-refractivity contribution is 14.1. The molecule has 0 saturated heterocycles. The molecule has 0 fully saturated rings. The Labute approximate surface area is 101 Å². The first-order chi connectivity index (χ1) is 7.25. The van der Waals surface area contributed by atoms with Crippen molar-refractivity contribution >= 4 is 34.0 Å². The first kappa shape index (κ1) is 10.3. The zero-order valence-corrected chi connectivity index (χ0v) is 10.2. The number of benzene rings is 1. The smallest absolute Gasteiger partial charge is 0.0922 e. The molecule has 4 N–H and O–H groups in total. The summed E-state index contributed by atoms with van der Waals surface area (Å²) < 4.78 is 1.14. The number of nitrogens with zero attached hydrogens (tertiary/aromatic N) is 1. The third kappa shape index (κ3) is 2.62. The highest BCUT2D eigenvalue weighted by atomic mass is 127. The molecule has 0 aliphatic heterocycles. The molecule has 0 aliphatic carbocycles. The third-order valence-corrected chi connectivity index (χ3v) is 2.71. The van der Waals surface area contributed by atoms with Crippen LogP contribution >= 0.6 is 22.6 Å². The van der Waals surface area contributed by atoms with E-state index in [0.29, 0.717) is 6.54 Å². The first-order valence-electron chi connectivity index (χ1n) is 4.52. The van der Waals surface area contributed by atoms with Gasteiger partial charge in [0.2, 0.25) is 0 Å². The van der Waals surface area contributed by atoms with Crippen molar-refractivity contribution in [2.24, 2.45) is 0 Å². The number of aromatic nitrogens is 2. The van der Waals surface area contributed by atoms with Gasteiger partial charge in [-0.25, -0.2) is 4.98 Å². The van der Waals surface area contributed by atoms with Crippen LogP contribution in [0.4, 0.5) is 11.4 Å². The minimum atomic E-state index is 0.699. The average Bonchev–Trinajstić information content (AvgIpc) is 2.69. The van der Waals surface area contributed by atoms with Gasteiger partial charge in [-0.1, -0.05) is 0 Å². The molecular weight excluding hydrogens is 303 g/mol. The Morgan fingerprint density at radius 2 is 2.33 bits per heavy atom. The van der Waals surface area contributed by atoms with E-state index in [1.807, 2.05) is 18.2 Å². The third-order valence-electron chi connectivity index (χ3n) is 2.04. The van der Waals surface area contributed by atoms with Crippen LogP contribution < -0.4 is 11.1 Å². The molecule has 0 atom stereocenters. The molecule has 1 heterocycles. The second-order valence-electron chi connectivity index (χ2n) is 3.16. The van der Waals surface area contributed by atoms with Crippen LogP contribution in [0.15, 0.2) is 30.7 Å². The van der Waals surface area contributed by atoms with Crippen molar-refractivity contribution in [1.82, 2.24) is 9.97 Å². The van der Waals surface area contributed by atoms with Gasteiger partial charge in [-0.3, -0.25) is 0 Å². The Hall–Kier alpha value is -1.24. The number of nitrogens with one attached hydrogen (secondary N) is 2. The molecule has 0 bridgehead atoms. The zero-order chi connectivity index (χ0) is 10.7. The van der Waals surface area contributed by atoms with E-state index in [2.05, 4.69) is 37.9 Å². The predicted octanol–water partition coefficient (Wildman–Crippen LogP) is 2.21. The minimum absolute atomic E-state index is 0.699. The number of hydrogen-bond donors (Lipinski definition) is 3. The van der Waals surface area contributed by atoms with Gasteiger partial charge in [0.1, 0.15) is 0 Å². The van der Waals surface area contributed by atoms with Crippen LogP contribution in [0.5, 0.6) is 0 Å². The van der Waals surface area contributed by atoms with Gasteiger partial charge >= 0.3 is 0 Å². The summed E-state index contributed by atoms with van der Waals surface area (Å²) in [5.41, 5.74) is 8.62. The number of rotatable bonds is 3. The topological polar surface area (TPSA) is 66.7 Å². The van der Waals surface area contributed by atoms with Crippen LogP contribution in [0.2, 0.25) is 0 Å². The molecule has 1 aromatic heterocycles. The number of anilines is 2. The Bertz CT molecular complexity index is 439. The fourth-order valence-electron chi connectivity index (χ4n) is 1.27. The van der Waals surface area contributed by atoms with Crippen LogP contribution in [0.1, 0.15) is 5.69 Å². The van der Waals surface area contributed by atoms with Gasteiger partial charge in [0.15, 0.2) is 0 Å². The Balaban J connectivity index is 2.05. The van der Waals surface area contributed by atoms with Crippen molar-refractivity contribution < 1.29 is 0 Å². The molecule has 15 heavy (non-hydrogen) atoms. The van der Waals surface area contributed by atoms with Crippen LogP contribution in [0.3, 0.4) is 0 Å². The summed E-state index contributed by atoms with van der Waals surface area (Å²) in [5, 5.41) is 3.24. The Morgan fingerprint density at radius 1 is 1.47 bits per heavy atom. The normalized spacial score (nSPS) is 10.2. The number of nitrogens with two attached hydrogens (primary N) is 1. The van der Waals surface area contributed by atoms with Crippen LogP contribution in [0, 0.1) is 3.57 Å². The van der Waals surface area contributed by atoms with E-state index < -0.39 is 0 Å². The van der Waals surface area contributed by atoms with Gasteiger partial charge < -0.3 is 16.0 Å². The number of hydrogen-bond acceptors (Lipinski definition) is 3. The monoisotopic (exact) mass is 314 g/mol. The lowest BCUT2D eigenvalue weighted by molar-refractivity contribution is 1.07. The standard InChI is InChI=1S/C10H11IN4/c11-7-1-2-10(9(12)3-7)14-5-8-4-13-6-15-8/h1-4,6,14H,5,12H2,(H,13,15). The van der Waals surface area contributed by atoms with Gasteiger partial charge in [-0.15, -0.1) is 0 Å². The molecule has 0 unspecified atom stereocenters. The SMILES string of the molecule is Nc1cc(I)ccc1NCc1cnc[nH]1. The lowest BCUT2D eigenvalue weighted by atomic mass is 10.2. The highest BCUT2D eigenvalue weighted by Gasteiger charge is 1.99. The van der Waals surface area contributed by atoms with Gasteiger partial charge in [-0.2, -0.15) is 0 Å². The van der Waals surface area contributed by atoms with Crippen molar-refractivity contribution in [2.75, 3.05) is 11.1 Å². The van der Waals surface area contributed by atoms with E-state index in [-0.39, 0.29) is 0 Å². The number of halogens is 1. The molecule has 78 valence electrons. The van der Waals surface area contributed by atoms with E-state index in [9.17, 15) is 0 Å². The second-order valence-corrected chi connectivity index (χ2v) is 4.41. The Morgan fingerprint density at radius 3 is 3.00 bits per heavy atom. The molecule has 5 heteroatoms. The summed E-state index contributed by atoms with van der Waals surface area (Å²) in [6, 6.07) is 5.94. The summed E-state index contributed by atoms with van der Waals surface area (Å²) in [5.74, 6) is 0. The molecule has 2 rings (SSSR count). The van der Waals surface area contributed by atoms with Crippen molar-refractivity contribution in [2.45, 2.75) is 6.54 Å². The maximum Gasteiger partial charge on any atom is 0.0922 e. The van der Waals surface area contributed by atoms with E-state index in [0.717, 1.165) is 20.6 Å². The van der Waals surface area contributed by atoms with Crippen molar-refractivity contribution in [1.29, 1.82) is 0 Å². The largest absolute Gasteiger partial charge is 0.397 e. The second kappa shape index (κ2) is 4.52. The zero-order valence-electron chi connectivity index (χ0n) is 8.00. The maximum absolute atomic E-state index is 5.87. The summed E-state index contributed by atoms with van der Waals surface area (Å²) in [4.78, 5) is 6.97. The first-order valence-corrected chi connectivity index (χ1v) is 5.60. The summed E-state index contributed by atoms with van der Waals surface area (Å²) in [6.45, 7) is 0.699. The van der Waals surface area contributed by atoms with Crippen molar-refractivity contribution in [3.63, 3.8) is 0 Å². The predicted molar refractivity (Wildman–Crippen MR) is 69.5 cm³/mol. The average molecular weight is 314 g/mol. The molecule has 1 aromatic carbocycles. The molecule has 0 spiro atoms. The van der Waals surface area contributed by atoms with Crippen LogP contribution in [0.25, 0.3) is 0 Å². The summed E-state index contributed by atoms with van der Waals surface area (Å²) in [6.07, 6.45) is 3.45. The fourth-order valence-corrected chi connectivity index (χ4v) is 1.78. The van der Waals surface area contributed by atoms with E-state index >= 15 is 0 Å². The molecule has 0 saturated carbocycles. The lowest BCUT2D eigenvalue weighted by Crippen LogP contribution is -2.02. The molecular formula is C10H11IN4. The van der Waals surface area contributed by atoms with E-state index in [1.165, 1.54) is 0 Å². The number of H-pyrrole nitrogens is 1. The lowest BCUT2D eigenvalue weighted by Gasteiger charge is -2.08. The maximum atomic E-state index is 5.87. The van der Waals surface area contributed by atoms with Crippen LogP contribution in [-0.4, -0.2) is 9.97 Å². The van der Waals surface area contributed by atoms with E-state index in [4.69, 9.17) is 5.73 Å². The van der Waals surface area contributed by atoms with Gasteiger partial charge in [0, 0.05) is 9.77 Å². The van der Waals surface area contributed by atoms with Gasteiger partial charge in [0.05, 0.1) is 29.9 Å². The van der Waals surface area contributed by atoms with Crippen molar-refractivity contribution in [3.05, 3.63) is 40.0 Å². The quantitative estimate of drug-likeness (QED) is 0.601. The number of aromatic amines is 1. The molecule has 0 amide bonds. The van der Waals surface area contributed by atoms with Gasteiger partial charge in [-0.05, 0) is 40.8 Å². The van der Waals surface area contributed by atoms with Crippen LogP contribution in [-0.2, 0) is 6.54 Å². The molecule has 2 aromatic rings. The number of imidazole rings is 1. The summed E-state index contributed by atoms with van der Waals surface area (Å²) in [7, 11) is 0. The summed E-state index contributed by atoms with van der Waals surface area (Å²) >= 11 is 2.24. The highest BCUT2D eigenvalue weighted by Crippen LogP contribution is 2.21. The molecule has 0 aliphatic rings. The molecule has 0 radical (unpaired) electrons. The molecule has 4 nitrogen and oxygen atoms in total. The van der Waals surface area contributed by atoms with Crippen molar-refractivity contribution in [3.8, 4) is 0 Å². The van der Waals surface area contributed by atoms with E-state index in [1.54, 1.807) is 12.5 Å². The minimum Gasteiger partial charge on any atom is -0.397 e. The van der Waals surface area contributed by atoms with Gasteiger partial charge in [0.25, 0.3) is 0 Å².